The van der Waals surface area contributed by atoms with Gasteiger partial charge in [-0.15, -0.1) is 0 Å². The van der Waals surface area contributed by atoms with Gasteiger partial charge in [-0.3, -0.25) is 0 Å². The number of nitrogens with one attached hydrogen (secondary N) is 1. The van der Waals surface area contributed by atoms with E-state index in [9.17, 15) is 5.11 Å². The molecule has 0 aromatic carbocycles. The molecule has 1 aromatic rings. The molecule has 4 nitrogen and oxygen atoms in total. The summed E-state index contributed by atoms with van der Waals surface area (Å²) in [6.45, 7) is 7.07. The molecule has 18 heavy (non-hydrogen) atoms. The number of rotatable bonds is 7. The quantitative estimate of drug-likeness (QED) is 0.749. The molecule has 0 radical (unpaired) electrons. The first kappa shape index (κ1) is 15.2. The van der Waals surface area contributed by atoms with Crippen LogP contribution < -0.4 is 5.32 Å². The fraction of sp³-hybridized carbons (Fsp3) is 0.692. The number of anilines is 1. The number of halogens is 1. The Labute approximate surface area is 114 Å². The smallest absolute Gasteiger partial charge is 0.137 e. The van der Waals surface area contributed by atoms with Gasteiger partial charge >= 0.3 is 0 Å². The van der Waals surface area contributed by atoms with E-state index < -0.39 is 0 Å². The maximum atomic E-state index is 9.54. The summed E-state index contributed by atoms with van der Waals surface area (Å²) in [7, 11) is 0. The fourth-order valence-electron chi connectivity index (χ4n) is 1.91. The molecule has 1 heterocycles. The minimum atomic E-state index is -0.0948. The van der Waals surface area contributed by atoms with Crippen LogP contribution in [-0.2, 0) is 6.42 Å². The number of aromatic nitrogens is 2. The summed E-state index contributed by atoms with van der Waals surface area (Å²) in [5, 5.41) is 13.3. The molecule has 0 aliphatic heterocycles. The van der Waals surface area contributed by atoms with E-state index in [1.807, 2.05) is 6.92 Å². The fourth-order valence-corrected chi connectivity index (χ4v) is 2.17. The van der Waals surface area contributed by atoms with Crippen LogP contribution >= 0.6 is 11.6 Å². The van der Waals surface area contributed by atoms with E-state index in [-0.39, 0.29) is 12.0 Å². The van der Waals surface area contributed by atoms with Crippen molar-refractivity contribution < 1.29 is 5.11 Å². The van der Waals surface area contributed by atoms with Crippen molar-refractivity contribution in [1.82, 2.24) is 9.97 Å². The van der Waals surface area contributed by atoms with Gasteiger partial charge in [0.15, 0.2) is 0 Å². The molecule has 0 spiro atoms. The summed E-state index contributed by atoms with van der Waals surface area (Å²) in [4.78, 5) is 8.21. The number of nitrogens with zero attached hydrogens (tertiary/aromatic N) is 2. The van der Waals surface area contributed by atoms with Crippen LogP contribution in [-0.4, -0.2) is 28.2 Å². The molecule has 0 atom stereocenters. The summed E-state index contributed by atoms with van der Waals surface area (Å²) in [6.07, 6.45) is 4.09. The van der Waals surface area contributed by atoms with Crippen LogP contribution in [0.25, 0.3) is 0 Å². The molecular weight excluding hydrogens is 250 g/mol. The normalized spacial score (nSPS) is 11.6. The van der Waals surface area contributed by atoms with Crippen LogP contribution in [0.3, 0.4) is 0 Å². The van der Waals surface area contributed by atoms with Gasteiger partial charge in [-0.1, -0.05) is 32.4 Å². The number of aliphatic hydroxyl groups excluding tert-OH is 1. The second-order valence-electron chi connectivity index (χ2n) is 4.56. The largest absolute Gasteiger partial charge is 0.396 e. The van der Waals surface area contributed by atoms with E-state index in [0.29, 0.717) is 11.7 Å². The minimum Gasteiger partial charge on any atom is -0.396 e. The second kappa shape index (κ2) is 6.90. The van der Waals surface area contributed by atoms with E-state index >= 15 is 0 Å². The van der Waals surface area contributed by atoms with Crippen molar-refractivity contribution >= 4 is 17.4 Å². The maximum absolute atomic E-state index is 9.54. The molecule has 0 fully saturated rings. The Kier molecular flexibility index (Phi) is 5.82. The zero-order valence-electron chi connectivity index (χ0n) is 11.3. The summed E-state index contributed by atoms with van der Waals surface area (Å²) >= 11 is 6.04. The van der Waals surface area contributed by atoms with E-state index in [0.717, 1.165) is 30.6 Å². The summed E-state index contributed by atoms with van der Waals surface area (Å²) < 4.78 is 0. The molecule has 0 bridgehead atoms. The second-order valence-corrected chi connectivity index (χ2v) is 4.92. The van der Waals surface area contributed by atoms with Crippen LogP contribution in [0.4, 0.5) is 5.82 Å². The van der Waals surface area contributed by atoms with Crippen molar-refractivity contribution in [3.8, 4) is 0 Å². The summed E-state index contributed by atoms with van der Waals surface area (Å²) in [6, 6.07) is 0. The predicted molar refractivity (Wildman–Crippen MR) is 75.0 cm³/mol. The van der Waals surface area contributed by atoms with Gasteiger partial charge in [-0.2, -0.15) is 0 Å². The lowest BCUT2D eigenvalue weighted by Gasteiger charge is -2.30. The number of hydrogen-bond acceptors (Lipinski definition) is 4. The Balaban J connectivity index is 2.82. The molecule has 0 amide bonds. The van der Waals surface area contributed by atoms with Crippen LogP contribution in [0.5, 0.6) is 0 Å². The van der Waals surface area contributed by atoms with Gasteiger partial charge in [0.05, 0.1) is 6.61 Å². The Morgan fingerprint density at radius 2 is 1.94 bits per heavy atom. The minimum absolute atomic E-state index is 0.0948. The van der Waals surface area contributed by atoms with Crippen LogP contribution in [0, 0.1) is 5.41 Å². The van der Waals surface area contributed by atoms with Crippen LogP contribution in [0.1, 0.15) is 39.2 Å². The van der Waals surface area contributed by atoms with Crippen molar-refractivity contribution in [2.24, 2.45) is 5.41 Å². The highest BCUT2D eigenvalue weighted by atomic mass is 35.5. The lowest BCUT2D eigenvalue weighted by atomic mass is 9.83. The first-order valence-corrected chi connectivity index (χ1v) is 6.84. The molecule has 1 aromatic heterocycles. The van der Waals surface area contributed by atoms with Gasteiger partial charge in [0.1, 0.15) is 17.3 Å². The van der Waals surface area contributed by atoms with E-state index in [1.54, 1.807) is 0 Å². The van der Waals surface area contributed by atoms with Gasteiger partial charge in [-0.05, 0) is 19.3 Å². The highest BCUT2D eigenvalue weighted by molar-refractivity contribution is 6.30. The average Bonchev–Trinajstić information content (AvgIpc) is 2.41. The zero-order valence-corrected chi connectivity index (χ0v) is 12.1. The van der Waals surface area contributed by atoms with Crippen molar-refractivity contribution in [3.05, 3.63) is 17.0 Å². The van der Waals surface area contributed by atoms with E-state index in [1.165, 1.54) is 6.33 Å². The molecular formula is C13H22ClN3O. The Hall–Kier alpha value is -0.870. The van der Waals surface area contributed by atoms with Crippen molar-refractivity contribution in [3.63, 3.8) is 0 Å². The first-order valence-electron chi connectivity index (χ1n) is 6.46. The van der Waals surface area contributed by atoms with Gasteiger partial charge in [0.2, 0.25) is 0 Å². The molecule has 2 N–H and O–H groups in total. The Bertz CT molecular complexity index is 372. The van der Waals surface area contributed by atoms with Crippen LogP contribution in [0.2, 0.25) is 5.15 Å². The average molecular weight is 272 g/mol. The van der Waals surface area contributed by atoms with Crippen molar-refractivity contribution in [1.29, 1.82) is 0 Å². The molecule has 0 unspecified atom stereocenters. The maximum Gasteiger partial charge on any atom is 0.137 e. The van der Waals surface area contributed by atoms with Crippen molar-refractivity contribution in [2.45, 2.75) is 40.0 Å². The standard InChI is InChI=1S/C13H22ClN3O/c1-4-10-11(14)16-9-17-12(10)15-7-13(5-2,6-3)8-18/h9,18H,4-8H2,1-3H3,(H,15,16,17). The third kappa shape index (κ3) is 3.33. The predicted octanol–water partition coefficient (Wildman–Crippen LogP) is 2.90. The lowest BCUT2D eigenvalue weighted by Crippen LogP contribution is -2.32. The van der Waals surface area contributed by atoms with Crippen LogP contribution in [0.15, 0.2) is 6.33 Å². The first-order chi connectivity index (χ1) is 8.62. The van der Waals surface area contributed by atoms with E-state index in [2.05, 4.69) is 29.1 Å². The van der Waals surface area contributed by atoms with Gasteiger partial charge in [0, 0.05) is 17.5 Å². The molecule has 5 heteroatoms. The van der Waals surface area contributed by atoms with Crippen molar-refractivity contribution in [2.75, 3.05) is 18.5 Å². The SMILES string of the molecule is CCc1c(Cl)ncnc1NCC(CC)(CC)CO. The molecule has 1 rings (SSSR count). The highest BCUT2D eigenvalue weighted by Gasteiger charge is 2.25. The molecule has 0 saturated heterocycles. The van der Waals surface area contributed by atoms with E-state index in [4.69, 9.17) is 11.6 Å². The third-order valence-electron chi connectivity index (χ3n) is 3.71. The molecule has 0 saturated carbocycles. The zero-order chi connectivity index (χ0) is 13.6. The highest BCUT2D eigenvalue weighted by Crippen LogP contribution is 2.27. The number of aliphatic hydroxyl groups is 1. The molecule has 0 aliphatic rings. The Morgan fingerprint density at radius 3 is 2.44 bits per heavy atom. The summed E-state index contributed by atoms with van der Waals surface area (Å²) in [5.74, 6) is 0.775. The van der Waals surface area contributed by atoms with Gasteiger partial charge < -0.3 is 10.4 Å². The third-order valence-corrected chi connectivity index (χ3v) is 4.04. The molecule has 102 valence electrons. The van der Waals surface area contributed by atoms with Gasteiger partial charge in [-0.25, -0.2) is 9.97 Å². The monoisotopic (exact) mass is 271 g/mol. The Morgan fingerprint density at radius 1 is 1.28 bits per heavy atom. The molecule has 0 aliphatic carbocycles. The number of hydrogen-bond donors (Lipinski definition) is 2. The lowest BCUT2D eigenvalue weighted by molar-refractivity contribution is 0.127. The van der Waals surface area contributed by atoms with Gasteiger partial charge in [0.25, 0.3) is 0 Å². The topological polar surface area (TPSA) is 58.0 Å². The summed E-state index contributed by atoms with van der Waals surface area (Å²) in [5.41, 5.74) is 0.834.